The van der Waals surface area contributed by atoms with E-state index in [-0.39, 0.29) is 5.92 Å². The molecule has 1 amide bonds. The normalized spacial score (nSPS) is 18.7. The molecule has 2 aliphatic rings. The number of carbonyl (C=O) groups excluding carboxylic acids is 1. The lowest BCUT2D eigenvalue weighted by Gasteiger charge is -2.35. The summed E-state index contributed by atoms with van der Waals surface area (Å²) in [5.74, 6) is -1.03. The summed E-state index contributed by atoms with van der Waals surface area (Å²) in [5, 5.41) is 14.8. The van der Waals surface area contributed by atoms with E-state index in [9.17, 15) is 4.79 Å². The van der Waals surface area contributed by atoms with E-state index < -0.39 is 11.9 Å². The fourth-order valence-corrected chi connectivity index (χ4v) is 4.41. The second kappa shape index (κ2) is 13.6. The molecule has 10 nitrogen and oxygen atoms in total. The number of nitrogens with zero attached hydrogens (tertiary/aromatic N) is 2. The second-order valence-corrected chi connectivity index (χ2v) is 8.44. The number of carboxylic acids is 2. The Morgan fingerprint density at radius 3 is 1.91 bits per heavy atom. The van der Waals surface area contributed by atoms with Crippen LogP contribution in [0.4, 0.5) is 0 Å². The molecular weight excluding hydrogens is 444 g/mol. The highest BCUT2D eigenvalue weighted by atomic mass is 16.5. The Balaban J connectivity index is 0.000000604. The number of hydrogen-bond donors (Lipinski definition) is 2. The molecule has 1 aromatic carbocycles. The van der Waals surface area contributed by atoms with Gasteiger partial charge < -0.3 is 29.3 Å². The Kier molecular flexibility index (Phi) is 10.9. The van der Waals surface area contributed by atoms with Crippen LogP contribution in [-0.2, 0) is 20.9 Å². The van der Waals surface area contributed by atoms with Gasteiger partial charge in [0.1, 0.15) is 5.75 Å². The summed E-state index contributed by atoms with van der Waals surface area (Å²) in [6, 6.07) is 3.86. The van der Waals surface area contributed by atoms with Gasteiger partial charge in [-0.3, -0.25) is 9.69 Å². The summed E-state index contributed by atoms with van der Waals surface area (Å²) in [4.78, 5) is 35.7. The van der Waals surface area contributed by atoms with Crippen molar-refractivity contribution in [3.8, 4) is 17.2 Å². The zero-order valence-corrected chi connectivity index (χ0v) is 20.2. The maximum absolute atomic E-state index is 13.0. The molecule has 190 valence electrons. The van der Waals surface area contributed by atoms with Crippen molar-refractivity contribution in [2.45, 2.75) is 45.1 Å². The average Bonchev–Trinajstić information content (AvgIpc) is 3.13. The van der Waals surface area contributed by atoms with Crippen LogP contribution in [0.1, 0.15) is 44.1 Å². The first-order chi connectivity index (χ1) is 16.3. The van der Waals surface area contributed by atoms with Crippen molar-refractivity contribution in [3.63, 3.8) is 0 Å². The van der Waals surface area contributed by atoms with Crippen molar-refractivity contribution in [2.24, 2.45) is 5.92 Å². The van der Waals surface area contributed by atoms with Crippen molar-refractivity contribution < 1.29 is 38.8 Å². The second-order valence-electron chi connectivity index (χ2n) is 8.44. The molecule has 2 fully saturated rings. The minimum atomic E-state index is -1.82. The van der Waals surface area contributed by atoms with Gasteiger partial charge in [0, 0.05) is 37.8 Å². The van der Waals surface area contributed by atoms with E-state index in [4.69, 9.17) is 34.0 Å². The molecular formula is C24H36N2O8. The zero-order chi connectivity index (χ0) is 25.1. The summed E-state index contributed by atoms with van der Waals surface area (Å²) >= 11 is 0. The molecule has 1 unspecified atom stereocenters. The van der Waals surface area contributed by atoms with Gasteiger partial charge in [-0.25, -0.2) is 9.59 Å². The number of amides is 1. The van der Waals surface area contributed by atoms with E-state index in [0.717, 1.165) is 69.7 Å². The van der Waals surface area contributed by atoms with Gasteiger partial charge in [0.2, 0.25) is 5.91 Å². The molecule has 1 atom stereocenters. The van der Waals surface area contributed by atoms with E-state index in [1.807, 2.05) is 12.1 Å². The first-order valence-corrected chi connectivity index (χ1v) is 11.6. The van der Waals surface area contributed by atoms with E-state index in [2.05, 4.69) is 9.80 Å². The molecule has 0 spiro atoms. The predicted octanol–water partition coefficient (Wildman–Crippen LogP) is 2.48. The number of hydrogen-bond acceptors (Lipinski definition) is 7. The minimum absolute atomic E-state index is 0.109. The van der Waals surface area contributed by atoms with Gasteiger partial charge in [-0.2, -0.15) is 0 Å². The Hall–Kier alpha value is -3.01. The Morgan fingerprint density at radius 1 is 0.824 bits per heavy atom. The van der Waals surface area contributed by atoms with E-state index in [1.54, 1.807) is 21.3 Å². The first kappa shape index (κ1) is 27.2. The Morgan fingerprint density at radius 2 is 1.38 bits per heavy atom. The Bertz CT molecular complexity index is 825. The SMILES string of the molecule is COc1cc(OC)c(OC)cc1CN1CCCC(C(=O)N2CCCCCC2)C1.O=C(O)C(=O)O. The summed E-state index contributed by atoms with van der Waals surface area (Å²) in [7, 11) is 4.94. The van der Waals surface area contributed by atoms with Gasteiger partial charge >= 0.3 is 11.9 Å². The molecule has 0 aromatic heterocycles. The molecule has 0 saturated carbocycles. The predicted molar refractivity (Wildman–Crippen MR) is 124 cm³/mol. The number of carboxylic acid groups (broad SMARTS) is 2. The minimum Gasteiger partial charge on any atom is -0.496 e. The molecule has 2 aliphatic heterocycles. The molecule has 0 radical (unpaired) electrons. The van der Waals surface area contributed by atoms with Crippen LogP contribution in [-0.4, -0.2) is 85.4 Å². The van der Waals surface area contributed by atoms with Gasteiger partial charge in [0.25, 0.3) is 0 Å². The average molecular weight is 481 g/mol. The van der Waals surface area contributed by atoms with Crippen LogP contribution in [0.5, 0.6) is 17.2 Å². The van der Waals surface area contributed by atoms with E-state index >= 15 is 0 Å². The number of piperidine rings is 1. The van der Waals surface area contributed by atoms with Crippen LogP contribution in [0, 0.1) is 5.92 Å². The van der Waals surface area contributed by atoms with Crippen molar-refractivity contribution in [1.29, 1.82) is 0 Å². The maximum atomic E-state index is 13.0. The Labute approximate surface area is 200 Å². The zero-order valence-electron chi connectivity index (χ0n) is 20.2. The van der Waals surface area contributed by atoms with Gasteiger partial charge in [0.15, 0.2) is 11.5 Å². The lowest BCUT2D eigenvalue weighted by Crippen LogP contribution is -2.44. The molecule has 1 aromatic rings. The summed E-state index contributed by atoms with van der Waals surface area (Å²) in [6.07, 6.45) is 6.84. The van der Waals surface area contributed by atoms with Gasteiger partial charge in [-0.15, -0.1) is 0 Å². The van der Waals surface area contributed by atoms with Crippen molar-refractivity contribution in [3.05, 3.63) is 17.7 Å². The molecule has 0 bridgehead atoms. The number of carbonyl (C=O) groups is 3. The van der Waals surface area contributed by atoms with Crippen molar-refractivity contribution in [1.82, 2.24) is 9.80 Å². The van der Waals surface area contributed by atoms with Crippen LogP contribution >= 0.6 is 0 Å². The van der Waals surface area contributed by atoms with Crippen LogP contribution in [0.2, 0.25) is 0 Å². The van der Waals surface area contributed by atoms with Crippen LogP contribution in [0.25, 0.3) is 0 Å². The molecule has 0 aliphatic carbocycles. The monoisotopic (exact) mass is 480 g/mol. The highest BCUT2D eigenvalue weighted by Gasteiger charge is 2.30. The number of rotatable bonds is 6. The van der Waals surface area contributed by atoms with Gasteiger partial charge in [0.05, 0.1) is 27.2 Å². The third-order valence-corrected chi connectivity index (χ3v) is 6.14. The number of likely N-dealkylation sites (tertiary alicyclic amines) is 2. The molecule has 10 heteroatoms. The third-order valence-electron chi connectivity index (χ3n) is 6.14. The number of benzene rings is 1. The fourth-order valence-electron chi connectivity index (χ4n) is 4.41. The summed E-state index contributed by atoms with van der Waals surface area (Å²) in [5.41, 5.74) is 1.06. The van der Waals surface area contributed by atoms with Crippen LogP contribution in [0.3, 0.4) is 0 Å². The van der Waals surface area contributed by atoms with E-state index in [1.165, 1.54) is 12.8 Å². The van der Waals surface area contributed by atoms with Crippen molar-refractivity contribution >= 4 is 17.8 Å². The number of methoxy groups -OCH3 is 3. The number of aliphatic carboxylic acids is 2. The fraction of sp³-hybridized carbons (Fsp3) is 0.625. The lowest BCUT2D eigenvalue weighted by molar-refractivity contribution is -0.159. The molecule has 2 heterocycles. The van der Waals surface area contributed by atoms with E-state index in [0.29, 0.717) is 17.4 Å². The molecule has 2 saturated heterocycles. The van der Waals surface area contributed by atoms with Crippen LogP contribution < -0.4 is 14.2 Å². The standard InChI is InChI=1S/C22H34N2O4.C2H2O4/c1-26-19-14-21(28-3)20(27-2)13-18(19)16-23-10-8-9-17(15-23)22(25)24-11-6-4-5-7-12-24;3-1(4)2(5)6/h13-14,17H,4-12,15-16H2,1-3H3;(H,3,4)(H,5,6). The quantitative estimate of drug-likeness (QED) is 0.591. The third kappa shape index (κ3) is 7.79. The topological polar surface area (TPSA) is 126 Å². The summed E-state index contributed by atoms with van der Waals surface area (Å²) in [6.45, 7) is 4.42. The smallest absolute Gasteiger partial charge is 0.414 e. The largest absolute Gasteiger partial charge is 0.496 e. The summed E-state index contributed by atoms with van der Waals surface area (Å²) < 4.78 is 16.4. The first-order valence-electron chi connectivity index (χ1n) is 11.6. The molecule has 3 rings (SSSR count). The highest BCUT2D eigenvalue weighted by Crippen LogP contribution is 2.35. The number of ether oxygens (including phenoxy) is 3. The van der Waals surface area contributed by atoms with Gasteiger partial charge in [-0.05, 0) is 38.3 Å². The lowest BCUT2D eigenvalue weighted by atomic mass is 9.95. The van der Waals surface area contributed by atoms with Crippen LogP contribution in [0.15, 0.2) is 12.1 Å². The molecule has 2 N–H and O–H groups in total. The highest BCUT2D eigenvalue weighted by molar-refractivity contribution is 6.27. The molecule has 34 heavy (non-hydrogen) atoms. The van der Waals surface area contributed by atoms with Crippen molar-refractivity contribution in [2.75, 3.05) is 47.5 Å². The maximum Gasteiger partial charge on any atom is 0.414 e. The van der Waals surface area contributed by atoms with Gasteiger partial charge in [-0.1, -0.05) is 12.8 Å².